The number of aromatic nitrogens is 5. The molecule has 0 saturated carbocycles. The largest absolute Gasteiger partial charge is 0.315 e. The van der Waals surface area contributed by atoms with Crippen LogP contribution in [-0.4, -0.2) is 37.5 Å². The molecule has 0 bridgehead atoms. The first-order chi connectivity index (χ1) is 15.1. The molecular weight excluding hydrogens is 430 g/mol. The number of hydrogen-bond donors (Lipinski definition) is 1. The average molecular weight is 450 g/mol. The van der Waals surface area contributed by atoms with Crippen LogP contribution < -0.4 is 5.32 Å². The molecule has 1 atom stereocenters. The Morgan fingerprint density at radius 3 is 2.97 bits per heavy atom. The Kier molecular flexibility index (Phi) is 5.40. The molecule has 31 heavy (non-hydrogen) atoms. The van der Waals surface area contributed by atoms with Crippen LogP contribution in [0, 0.1) is 18.3 Å². The Hall–Kier alpha value is -2.86. The Balaban J connectivity index is 1.60. The molecule has 7 nitrogen and oxygen atoms in total. The van der Waals surface area contributed by atoms with Gasteiger partial charge in [0.25, 0.3) is 0 Å². The topological polar surface area (TPSA) is 83.8 Å². The standard InChI is InChI=1S/C22H20ClN7S/c1-14-18(12-27-30(14)17-4-3-7-25-11-17)15-8-19(31-21-6-2-5-20(23)28-21)22-16(9-24)10-26-29(22)13-15/h2,5-6,8,10,12-13,17,25H,3-4,7,11H2,1H3/t17-/m0/s1. The van der Waals surface area contributed by atoms with Crippen molar-refractivity contribution in [1.29, 1.82) is 5.26 Å². The number of nitrogens with one attached hydrogen (secondary N) is 1. The number of hydrogen-bond acceptors (Lipinski definition) is 6. The molecule has 1 N–H and O–H groups in total. The molecule has 1 aliphatic rings. The van der Waals surface area contributed by atoms with E-state index in [2.05, 4.69) is 39.1 Å². The lowest BCUT2D eigenvalue weighted by molar-refractivity contribution is 0.342. The van der Waals surface area contributed by atoms with Crippen LogP contribution in [0.3, 0.4) is 0 Å². The van der Waals surface area contributed by atoms with Crippen LogP contribution >= 0.6 is 23.4 Å². The van der Waals surface area contributed by atoms with Gasteiger partial charge in [0.15, 0.2) is 0 Å². The minimum Gasteiger partial charge on any atom is -0.315 e. The van der Waals surface area contributed by atoms with Crippen LogP contribution in [0.15, 0.2) is 52.8 Å². The van der Waals surface area contributed by atoms with Crippen molar-refractivity contribution in [3.8, 4) is 17.2 Å². The van der Waals surface area contributed by atoms with E-state index in [4.69, 9.17) is 16.7 Å². The van der Waals surface area contributed by atoms with E-state index in [9.17, 15) is 5.26 Å². The van der Waals surface area contributed by atoms with Gasteiger partial charge in [-0.2, -0.15) is 15.5 Å². The molecule has 0 spiro atoms. The maximum absolute atomic E-state index is 9.57. The lowest BCUT2D eigenvalue weighted by atomic mass is 10.1. The number of pyridine rings is 2. The van der Waals surface area contributed by atoms with Crippen LogP contribution in [0.4, 0.5) is 0 Å². The summed E-state index contributed by atoms with van der Waals surface area (Å²) in [6.45, 7) is 4.11. The highest BCUT2D eigenvalue weighted by Gasteiger charge is 2.21. The molecular formula is C22H20ClN7S. The summed E-state index contributed by atoms with van der Waals surface area (Å²) >= 11 is 7.55. The second kappa shape index (κ2) is 8.35. The fourth-order valence-corrected chi connectivity index (χ4v) is 5.28. The Morgan fingerprint density at radius 2 is 2.19 bits per heavy atom. The third kappa shape index (κ3) is 3.81. The van der Waals surface area contributed by atoms with E-state index in [0.29, 0.717) is 16.8 Å². The summed E-state index contributed by atoms with van der Waals surface area (Å²) < 4.78 is 3.89. The molecule has 0 aromatic carbocycles. The van der Waals surface area contributed by atoms with Gasteiger partial charge in [-0.15, -0.1) is 0 Å². The van der Waals surface area contributed by atoms with Gasteiger partial charge in [0.2, 0.25) is 0 Å². The zero-order valence-electron chi connectivity index (χ0n) is 16.9. The minimum atomic E-state index is 0.366. The molecule has 4 aromatic heterocycles. The molecule has 4 aromatic rings. The van der Waals surface area contributed by atoms with Crippen molar-refractivity contribution in [2.45, 2.75) is 35.7 Å². The zero-order valence-corrected chi connectivity index (χ0v) is 18.5. The first-order valence-corrected chi connectivity index (χ1v) is 11.3. The second-order valence-electron chi connectivity index (χ2n) is 7.55. The van der Waals surface area contributed by atoms with E-state index < -0.39 is 0 Å². The van der Waals surface area contributed by atoms with Crippen LogP contribution in [0.25, 0.3) is 16.6 Å². The fraction of sp³-hybridized carbons (Fsp3) is 0.273. The first kappa shape index (κ1) is 20.1. The molecule has 5 rings (SSSR count). The Morgan fingerprint density at radius 1 is 1.29 bits per heavy atom. The lowest BCUT2D eigenvalue weighted by Crippen LogP contribution is -2.32. The zero-order chi connectivity index (χ0) is 21.4. The molecule has 0 aliphatic carbocycles. The number of halogens is 1. The van der Waals surface area contributed by atoms with Crippen LogP contribution in [-0.2, 0) is 0 Å². The molecule has 0 unspecified atom stereocenters. The van der Waals surface area contributed by atoms with Gasteiger partial charge in [0, 0.05) is 34.5 Å². The maximum Gasteiger partial charge on any atom is 0.130 e. The summed E-state index contributed by atoms with van der Waals surface area (Å²) in [5.41, 5.74) is 4.47. The Bertz CT molecular complexity index is 1300. The van der Waals surface area contributed by atoms with E-state index in [1.165, 1.54) is 11.8 Å². The summed E-state index contributed by atoms with van der Waals surface area (Å²) in [6.07, 6.45) is 7.76. The van der Waals surface area contributed by atoms with Crippen molar-refractivity contribution in [2.24, 2.45) is 0 Å². The third-order valence-corrected chi connectivity index (χ3v) is 6.75. The van der Waals surface area contributed by atoms with Gasteiger partial charge < -0.3 is 5.32 Å². The number of piperidine rings is 1. The number of nitriles is 1. The molecule has 9 heteroatoms. The Labute approximate surface area is 189 Å². The second-order valence-corrected chi connectivity index (χ2v) is 8.99. The smallest absolute Gasteiger partial charge is 0.130 e. The highest BCUT2D eigenvalue weighted by atomic mass is 35.5. The van der Waals surface area contributed by atoms with Gasteiger partial charge >= 0.3 is 0 Å². The molecule has 5 heterocycles. The van der Waals surface area contributed by atoms with Crippen molar-refractivity contribution in [3.63, 3.8) is 0 Å². The van der Waals surface area contributed by atoms with Crippen molar-refractivity contribution in [3.05, 3.63) is 59.3 Å². The fourth-order valence-electron chi connectivity index (χ4n) is 4.07. The summed E-state index contributed by atoms with van der Waals surface area (Å²) in [5, 5.41) is 23.3. The summed E-state index contributed by atoms with van der Waals surface area (Å²) in [5.74, 6) is 0. The lowest BCUT2D eigenvalue weighted by Gasteiger charge is -2.24. The molecule has 0 radical (unpaired) electrons. The SMILES string of the molecule is Cc1c(-c2cc(Sc3cccc(Cl)n3)c3c(C#N)cnn3c2)cnn1[C@H]1CCCNC1. The predicted molar refractivity (Wildman–Crippen MR) is 120 cm³/mol. The highest BCUT2D eigenvalue weighted by molar-refractivity contribution is 7.99. The molecule has 1 saturated heterocycles. The van der Waals surface area contributed by atoms with Crippen molar-refractivity contribution in [2.75, 3.05) is 13.1 Å². The third-order valence-electron chi connectivity index (χ3n) is 5.57. The first-order valence-electron chi connectivity index (χ1n) is 10.1. The van der Waals surface area contributed by atoms with Gasteiger partial charge in [0.1, 0.15) is 16.2 Å². The van der Waals surface area contributed by atoms with Gasteiger partial charge in [-0.1, -0.05) is 29.4 Å². The summed E-state index contributed by atoms with van der Waals surface area (Å²) in [6, 6.07) is 10.2. The highest BCUT2D eigenvalue weighted by Crippen LogP contribution is 2.36. The minimum absolute atomic E-state index is 0.366. The van der Waals surface area contributed by atoms with Crippen molar-refractivity contribution in [1.82, 2.24) is 29.7 Å². The van der Waals surface area contributed by atoms with E-state index in [0.717, 1.165) is 58.2 Å². The van der Waals surface area contributed by atoms with Crippen molar-refractivity contribution < 1.29 is 0 Å². The molecule has 0 amide bonds. The maximum atomic E-state index is 9.57. The van der Waals surface area contributed by atoms with Gasteiger partial charge in [-0.3, -0.25) is 4.68 Å². The van der Waals surface area contributed by atoms with Gasteiger partial charge in [-0.25, -0.2) is 9.50 Å². The molecule has 1 aliphatic heterocycles. The van der Waals surface area contributed by atoms with Gasteiger partial charge in [0.05, 0.1) is 29.5 Å². The molecule has 1 fully saturated rings. The van der Waals surface area contributed by atoms with E-state index >= 15 is 0 Å². The van der Waals surface area contributed by atoms with Gasteiger partial charge in [-0.05, 0) is 44.5 Å². The summed E-state index contributed by atoms with van der Waals surface area (Å²) in [7, 11) is 0. The quantitative estimate of drug-likeness (QED) is 0.462. The summed E-state index contributed by atoms with van der Waals surface area (Å²) in [4.78, 5) is 5.29. The van der Waals surface area contributed by atoms with Crippen molar-refractivity contribution >= 4 is 28.9 Å². The van der Waals surface area contributed by atoms with Crippen LogP contribution in [0.2, 0.25) is 5.15 Å². The van der Waals surface area contributed by atoms with E-state index in [1.807, 2.05) is 24.5 Å². The van der Waals surface area contributed by atoms with E-state index in [1.54, 1.807) is 16.8 Å². The predicted octanol–water partition coefficient (Wildman–Crippen LogP) is 4.50. The normalized spacial score (nSPS) is 16.5. The number of nitrogens with zero attached hydrogens (tertiary/aromatic N) is 6. The molecule has 156 valence electrons. The number of rotatable bonds is 4. The number of fused-ring (bicyclic) bond motifs is 1. The van der Waals surface area contributed by atoms with E-state index in [-0.39, 0.29) is 0 Å². The van der Waals surface area contributed by atoms with Crippen LogP contribution in [0.1, 0.15) is 30.1 Å². The average Bonchev–Trinajstić information content (AvgIpc) is 3.37. The van der Waals surface area contributed by atoms with Crippen LogP contribution in [0.5, 0.6) is 0 Å². The monoisotopic (exact) mass is 449 g/mol.